The molecule has 0 saturated heterocycles. The van der Waals surface area contributed by atoms with E-state index in [0.29, 0.717) is 24.9 Å². The summed E-state index contributed by atoms with van der Waals surface area (Å²) in [4.78, 5) is 11.3. The zero-order chi connectivity index (χ0) is 28.0. The molecule has 3 aromatic carbocycles. The number of benzene rings is 3. The van der Waals surface area contributed by atoms with Crippen LogP contribution < -0.4 is 4.31 Å². The van der Waals surface area contributed by atoms with E-state index >= 15 is 0 Å². The van der Waals surface area contributed by atoms with E-state index in [-0.39, 0.29) is 25.4 Å². The van der Waals surface area contributed by atoms with Crippen LogP contribution in [0.3, 0.4) is 0 Å². The number of hydrogen-bond acceptors (Lipinski definition) is 6. The second-order valence-electron chi connectivity index (χ2n) is 8.95. The molecular weight excluding hydrogens is 555 g/mol. The third kappa shape index (κ3) is 6.41. The van der Waals surface area contributed by atoms with E-state index in [1.807, 2.05) is 19.1 Å². The van der Waals surface area contributed by atoms with Crippen molar-refractivity contribution in [3.63, 3.8) is 0 Å². The van der Waals surface area contributed by atoms with Crippen molar-refractivity contribution in [2.75, 3.05) is 10.8 Å². The summed E-state index contributed by atoms with van der Waals surface area (Å²) in [6.45, 7) is 2.23. The molecule has 1 N–H and O–H groups in total. The van der Waals surface area contributed by atoms with Crippen molar-refractivity contribution >= 4 is 42.9 Å². The number of aryl methyl sites for hydroxylation is 2. The van der Waals surface area contributed by atoms with Gasteiger partial charge in [0.2, 0.25) is 9.84 Å². The molecule has 0 radical (unpaired) electrons. The molecular formula is C29H29NO6S3. The van der Waals surface area contributed by atoms with Crippen LogP contribution in [-0.4, -0.2) is 34.5 Å². The maximum absolute atomic E-state index is 13.9. The molecule has 4 aromatic rings. The number of thiophene rings is 1. The monoisotopic (exact) mass is 583 g/mol. The predicted octanol–water partition coefficient (Wildman–Crippen LogP) is 6.06. The first-order valence-electron chi connectivity index (χ1n) is 12.5. The highest BCUT2D eigenvalue weighted by Gasteiger charge is 2.30. The minimum Gasteiger partial charge on any atom is -0.478 e. The number of nitrogens with zero attached hydrogens (tertiary/aromatic N) is 1. The summed E-state index contributed by atoms with van der Waals surface area (Å²) in [6.07, 6.45) is 2.54. The molecule has 0 aliphatic rings. The fourth-order valence-electron chi connectivity index (χ4n) is 4.14. The van der Waals surface area contributed by atoms with E-state index in [2.05, 4.69) is 0 Å². The van der Waals surface area contributed by atoms with Crippen LogP contribution in [0, 0.1) is 0 Å². The average molecular weight is 584 g/mol. The fourth-order valence-corrected chi connectivity index (χ4v) is 8.99. The van der Waals surface area contributed by atoms with Crippen LogP contribution in [0.1, 0.15) is 41.3 Å². The molecule has 0 unspecified atom stereocenters. The van der Waals surface area contributed by atoms with Gasteiger partial charge in [0.1, 0.15) is 8.42 Å². The van der Waals surface area contributed by atoms with Crippen LogP contribution in [0.5, 0.6) is 0 Å². The second-order valence-corrected chi connectivity index (χ2v) is 14.3. The summed E-state index contributed by atoms with van der Waals surface area (Å²) in [5.41, 5.74) is 2.52. The molecule has 0 bridgehead atoms. The quantitative estimate of drug-likeness (QED) is 0.217. The Kier molecular flexibility index (Phi) is 8.89. The lowest BCUT2D eigenvalue weighted by molar-refractivity contribution is 0.0697. The maximum atomic E-state index is 13.9. The molecule has 1 heterocycles. The van der Waals surface area contributed by atoms with Gasteiger partial charge in [0.05, 0.1) is 16.1 Å². The van der Waals surface area contributed by atoms with Gasteiger partial charge in [-0.25, -0.2) is 21.6 Å². The van der Waals surface area contributed by atoms with Crippen LogP contribution in [-0.2, 0) is 32.7 Å². The summed E-state index contributed by atoms with van der Waals surface area (Å²) < 4.78 is 55.4. The Bertz CT molecular complexity index is 1640. The van der Waals surface area contributed by atoms with Crippen LogP contribution in [0.4, 0.5) is 5.69 Å². The van der Waals surface area contributed by atoms with Gasteiger partial charge in [-0.3, -0.25) is 4.31 Å². The Morgan fingerprint density at radius 3 is 2.10 bits per heavy atom. The highest BCUT2D eigenvalue weighted by molar-refractivity contribution is 7.96. The standard InChI is InChI=1S/C29H29NO6S3/c1-2-3-21-30(26-12-8-7-9-23(26)16-13-22-14-17-24(18-15-22)29(31)32)39(35,36)28-20-19-27(37-28)38(33,34)25-10-5-4-6-11-25/h4-12,14-15,17-20H,2-3,13,16,21H2,1H3,(H,31,32). The zero-order valence-corrected chi connectivity index (χ0v) is 23.8. The molecule has 0 atom stereocenters. The van der Waals surface area contributed by atoms with Crippen LogP contribution in [0.2, 0.25) is 0 Å². The summed E-state index contributed by atoms with van der Waals surface area (Å²) in [5, 5.41) is 9.13. The van der Waals surface area contributed by atoms with Crippen molar-refractivity contribution in [2.24, 2.45) is 0 Å². The minimum atomic E-state index is -4.05. The number of sulfone groups is 1. The van der Waals surface area contributed by atoms with Crippen molar-refractivity contribution in [2.45, 2.75) is 45.9 Å². The lowest BCUT2D eigenvalue weighted by atomic mass is 10.0. The first-order chi connectivity index (χ1) is 18.6. The Labute approximate surface area is 233 Å². The third-order valence-electron chi connectivity index (χ3n) is 6.28. The van der Waals surface area contributed by atoms with Gasteiger partial charge >= 0.3 is 5.97 Å². The first kappa shape index (κ1) is 28.5. The van der Waals surface area contributed by atoms with E-state index < -0.39 is 25.8 Å². The number of anilines is 1. The summed E-state index contributed by atoms with van der Waals surface area (Å²) in [7, 11) is -7.89. The van der Waals surface area contributed by atoms with Crippen molar-refractivity contribution in [1.29, 1.82) is 0 Å². The SMILES string of the molecule is CCCCN(c1ccccc1CCc1ccc(C(=O)O)cc1)S(=O)(=O)c1ccc(S(=O)(=O)c2ccccc2)s1. The first-order valence-corrected chi connectivity index (χ1v) is 16.2. The van der Waals surface area contributed by atoms with Gasteiger partial charge in [-0.15, -0.1) is 11.3 Å². The van der Waals surface area contributed by atoms with Gasteiger partial charge in [0.15, 0.2) is 0 Å². The molecule has 39 heavy (non-hydrogen) atoms. The molecule has 7 nitrogen and oxygen atoms in total. The smallest absolute Gasteiger partial charge is 0.335 e. The number of unbranched alkanes of at least 4 members (excludes halogenated alkanes) is 1. The average Bonchev–Trinajstić information content (AvgIpc) is 3.46. The van der Waals surface area contributed by atoms with Gasteiger partial charge in [-0.05, 0) is 72.9 Å². The van der Waals surface area contributed by atoms with Gasteiger partial charge in [-0.1, -0.05) is 61.9 Å². The molecule has 10 heteroatoms. The van der Waals surface area contributed by atoms with Gasteiger partial charge in [0, 0.05) is 6.54 Å². The van der Waals surface area contributed by atoms with Crippen LogP contribution in [0.25, 0.3) is 0 Å². The highest BCUT2D eigenvalue weighted by atomic mass is 32.3. The minimum absolute atomic E-state index is 0.0270. The number of hydrogen-bond donors (Lipinski definition) is 1. The van der Waals surface area contributed by atoms with E-state index in [4.69, 9.17) is 5.11 Å². The van der Waals surface area contributed by atoms with Crippen LogP contribution in [0.15, 0.2) is 104 Å². The Balaban J connectivity index is 1.65. The van der Waals surface area contributed by atoms with E-state index in [1.54, 1.807) is 54.6 Å². The lowest BCUT2D eigenvalue weighted by Crippen LogP contribution is -2.32. The molecule has 204 valence electrons. The number of carboxylic acid groups (broad SMARTS) is 1. The molecule has 0 spiro atoms. The topological polar surface area (TPSA) is 109 Å². The number of para-hydroxylation sites is 1. The zero-order valence-electron chi connectivity index (χ0n) is 21.4. The summed E-state index contributed by atoms with van der Waals surface area (Å²) >= 11 is 0.752. The molecule has 4 rings (SSSR count). The van der Waals surface area contributed by atoms with Crippen molar-refractivity contribution < 1.29 is 26.7 Å². The Hall–Kier alpha value is -3.47. The normalized spacial score (nSPS) is 11.8. The third-order valence-corrected chi connectivity index (χ3v) is 11.9. The molecule has 0 saturated carbocycles. The van der Waals surface area contributed by atoms with E-state index in [1.165, 1.54) is 28.6 Å². The second kappa shape index (κ2) is 12.1. The van der Waals surface area contributed by atoms with Gasteiger partial charge < -0.3 is 5.11 Å². The largest absolute Gasteiger partial charge is 0.478 e. The molecule has 1 aromatic heterocycles. The van der Waals surface area contributed by atoms with E-state index in [9.17, 15) is 21.6 Å². The molecule has 0 aliphatic heterocycles. The van der Waals surface area contributed by atoms with E-state index in [0.717, 1.165) is 28.9 Å². The van der Waals surface area contributed by atoms with Crippen molar-refractivity contribution in [1.82, 2.24) is 0 Å². The lowest BCUT2D eigenvalue weighted by Gasteiger charge is -2.26. The highest BCUT2D eigenvalue weighted by Crippen LogP contribution is 2.35. The van der Waals surface area contributed by atoms with Crippen molar-refractivity contribution in [3.8, 4) is 0 Å². The van der Waals surface area contributed by atoms with Crippen LogP contribution >= 0.6 is 11.3 Å². The maximum Gasteiger partial charge on any atom is 0.335 e. The van der Waals surface area contributed by atoms with Gasteiger partial charge in [-0.2, -0.15) is 0 Å². The van der Waals surface area contributed by atoms with Gasteiger partial charge in [0.25, 0.3) is 10.0 Å². The fraction of sp³-hybridized carbons (Fsp3) is 0.207. The summed E-state index contributed by atoms with van der Waals surface area (Å²) in [6, 6.07) is 24.6. The number of aromatic carboxylic acids is 1. The number of sulfonamides is 1. The number of carbonyl (C=O) groups is 1. The predicted molar refractivity (Wildman–Crippen MR) is 153 cm³/mol. The number of rotatable bonds is 12. The Morgan fingerprint density at radius 1 is 0.795 bits per heavy atom. The molecule has 0 amide bonds. The Morgan fingerprint density at radius 2 is 1.44 bits per heavy atom. The van der Waals surface area contributed by atoms with Crippen molar-refractivity contribution in [3.05, 3.63) is 108 Å². The number of carboxylic acids is 1. The molecule has 0 fully saturated rings. The molecule has 0 aliphatic carbocycles. The summed E-state index contributed by atoms with van der Waals surface area (Å²) in [5.74, 6) is -0.989.